The summed E-state index contributed by atoms with van der Waals surface area (Å²) in [6, 6.07) is 3.99. The fourth-order valence-electron chi connectivity index (χ4n) is 2.01. The zero-order valence-electron chi connectivity index (χ0n) is 12.2. The molecule has 5 nitrogen and oxygen atoms in total. The number of carbonyl (C=O) groups excluding carboxylic acids is 1. The van der Waals surface area contributed by atoms with Crippen LogP contribution in [0.15, 0.2) is 35.3 Å². The lowest BCUT2D eigenvalue weighted by atomic mass is 10.3. The molecule has 0 saturated carbocycles. The van der Waals surface area contributed by atoms with Gasteiger partial charge in [0.25, 0.3) is 5.91 Å². The Hall–Kier alpha value is -1.99. The third-order valence-corrected chi connectivity index (χ3v) is 4.94. The summed E-state index contributed by atoms with van der Waals surface area (Å²) in [7, 11) is 0. The van der Waals surface area contributed by atoms with Gasteiger partial charge in [-0.15, -0.1) is 22.7 Å². The van der Waals surface area contributed by atoms with E-state index in [1.54, 1.807) is 22.9 Å². The van der Waals surface area contributed by atoms with Gasteiger partial charge in [-0.1, -0.05) is 13.0 Å². The van der Waals surface area contributed by atoms with Gasteiger partial charge in [-0.3, -0.25) is 9.48 Å². The van der Waals surface area contributed by atoms with Crippen LogP contribution < -0.4 is 5.32 Å². The zero-order chi connectivity index (χ0) is 15.4. The third kappa shape index (κ3) is 3.42. The van der Waals surface area contributed by atoms with E-state index in [0.717, 1.165) is 28.4 Å². The Bertz CT molecular complexity index is 745. The molecule has 0 atom stereocenters. The first kappa shape index (κ1) is 14.9. The number of nitrogens with one attached hydrogen (secondary N) is 1. The molecular formula is C15H16N4OS2. The van der Waals surface area contributed by atoms with Crippen molar-refractivity contribution in [2.75, 3.05) is 0 Å². The highest BCUT2D eigenvalue weighted by Crippen LogP contribution is 2.27. The van der Waals surface area contributed by atoms with Crippen molar-refractivity contribution in [1.29, 1.82) is 0 Å². The van der Waals surface area contributed by atoms with Crippen LogP contribution in [0.2, 0.25) is 0 Å². The van der Waals surface area contributed by atoms with Crippen LogP contribution in [0.4, 0.5) is 0 Å². The second kappa shape index (κ2) is 6.85. The Morgan fingerprint density at radius 1 is 1.41 bits per heavy atom. The number of hydrogen-bond donors (Lipinski definition) is 1. The van der Waals surface area contributed by atoms with E-state index < -0.39 is 0 Å². The minimum absolute atomic E-state index is 0.151. The Morgan fingerprint density at radius 3 is 3.09 bits per heavy atom. The standard InChI is InChI=1S/C15H16N4OS2/c1-2-5-19-9-11(8-17-19)7-16-14(20)12-10-22-15(18-12)13-4-3-6-21-13/h3-4,6,8-10H,2,5,7H2,1H3,(H,16,20). The van der Waals surface area contributed by atoms with Gasteiger partial charge in [0.05, 0.1) is 11.1 Å². The smallest absolute Gasteiger partial charge is 0.271 e. The number of hydrogen-bond acceptors (Lipinski definition) is 5. The van der Waals surface area contributed by atoms with Gasteiger partial charge in [0, 0.05) is 30.2 Å². The Balaban J connectivity index is 1.60. The van der Waals surface area contributed by atoms with E-state index >= 15 is 0 Å². The molecule has 1 N–H and O–H groups in total. The number of aromatic nitrogens is 3. The van der Waals surface area contributed by atoms with E-state index in [1.165, 1.54) is 11.3 Å². The normalized spacial score (nSPS) is 10.8. The van der Waals surface area contributed by atoms with E-state index in [2.05, 4.69) is 22.3 Å². The molecule has 0 spiro atoms. The highest BCUT2D eigenvalue weighted by atomic mass is 32.1. The molecule has 114 valence electrons. The van der Waals surface area contributed by atoms with E-state index in [4.69, 9.17) is 0 Å². The second-order valence-corrected chi connectivity index (χ2v) is 6.62. The Kier molecular flexibility index (Phi) is 4.65. The lowest BCUT2D eigenvalue weighted by Gasteiger charge is -2.00. The van der Waals surface area contributed by atoms with Crippen LogP contribution in [-0.2, 0) is 13.1 Å². The van der Waals surface area contributed by atoms with E-state index in [1.807, 2.05) is 28.4 Å². The summed E-state index contributed by atoms with van der Waals surface area (Å²) in [5.74, 6) is -0.151. The molecule has 0 aliphatic carbocycles. The van der Waals surface area contributed by atoms with Gasteiger partial charge < -0.3 is 5.32 Å². The molecule has 0 fully saturated rings. The summed E-state index contributed by atoms with van der Waals surface area (Å²) < 4.78 is 1.89. The van der Waals surface area contributed by atoms with Gasteiger partial charge in [-0.2, -0.15) is 5.10 Å². The molecular weight excluding hydrogens is 316 g/mol. The number of aryl methyl sites for hydroxylation is 1. The highest BCUT2D eigenvalue weighted by molar-refractivity contribution is 7.20. The minimum atomic E-state index is -0.151. The maximum Gasteiger partial charge on any atom is 0.271 e. The summed E-state index contributed by atoms with van der Waals surface area (Å²) >= 11 is 3.11. The number of rotatable bonds is 6. The van der Waals surface area contributed by atoms with E-state index in [9.17, 15) is 4.79 Å². The molecule has 0 aliphatic heterocycles. The maximum atomic E-state index is 12.1. The van der Waals surface area contributed by atoms with E-state index in [-0.39, 0.29) is 5.91 Å². The molecule has 3 rings (SSSR count). The van der Waals surface area contributed by atoms with Gasteiger partial charge >= 0.3 is 0 Å². The van der Waals surface area contributed by atoms with Crippen molar-refractivity contribution in [3.8, 4) is 9.88 Å². The summed E-state index contributed by atoms with van der Waals surface area (Å²) in [5.41, 5.74) is 1.46. The molecule has 3 aromatic heterocycles. The van der Waals surface area contributed by atoms with Gasteiger partial charge in [0.1, 0.15) is 10.7 Å². The summed E-state index contributed by atoms with van der Waals surface area (Å²) in [6.07, 6.45) is 4.79. The molecule has 1 amide bonds. The molecule has 0 bridgehead atoms. The van der Waals surface area contributed by atoms with Gasteiger partial charge in [-0.25, -0.2) is 4.98 Å². The average Bonchev–Trinajstić information content (AvgIpc) is 3.25. The van der Waals surface area contributed by atoms with Crippen molar-refractivity contribution >= 4 is 28.6 Å². The van der Waals surface area contributed by atoms with Crippen LogP contribution in [0.1, 0.15) is 29.4 Å². The molecule has 0 aromatic carbocycles. The van der Waals surface area contributed by atoms with Crippen LogP contribution in [-0.4, -0.2) is 20.7 Å². The van der Waals surface area contributed by atoms with Crippen LogP contribution in [0.3, 0.4) is 0 Å². The van der Waals surface area contributed by atoms with Crippen molar-refractivity contribution in [3.05, 3.63) is 46.5 Å². The van der Waals surface area contributed by atoms with Crippen molar-refractivity contribution in [2.24, 2.45) is 0 Å². The van der Waals surface area contributed by atoms with E-state index in [0.29, 0.717) is 12.2 Å². The first-order valence-electron chi connectivity index (χ1n) is 7.05. The van der Waals surface area contributed by atoms with Crippen molar-refractivity contribution < 1.29 is 4.79 Å². The third-order valence-electron chi connectivity index (χ3n) is 3.06. The first-order chi connectivity index (χ1) is 10.8. The molecule has 22 heavy (non-hydrogen) atoms. The van der Waals surface area contributed by atoms with Crippen molar-refractivity contribution in [1.82, 2.24) is 20.1 Å². The molecule has 0 aliphatic rings. The number of carbonyl (C=O) groups is 1. The minimum Gasteiger partial charge on any atom is -0.346 e. The number of amides is 1. The maximum absolute atomic E-state index is 12.1. The lowest BCUT2D eigenvalue weighted by molar-refractivity contribution is 0.0946. The summed E-state index contributed by atoms with van der Waals surface area (Å²) in [4.78, 5) is 17.6. The first-order valence-corrected chi connectivity index (χ1v) is 8.81. The Morgan fingerprint density at radius 2 is 2.32 bits per heavy atom. The molecule has 3 heterocycles. The fourth-order valence-corrected chi connectivity index (χ4v) is 3.63. The molecule has 0 saturated heterocycles. The molecule has 0 radical (unpaired) electrons. The quantitative estimate of drug-likeness (QED) is 0.752. The SMILES string of the molecule is CCCn1cc(CNC(=O)c2csc(-c3cccs3)n2)cn1. The van der Waals surface area contributed by atoms with Crippen molar-refractivity contribution in [3.63, 3.8) is 0 Å². The topological polar surface area (TPSA) is 59.8 Å². The fraction of sp³-hybridized carbons (Fsp3) is 0.267. The lowest BCUT2D eigenvalue weighted by Crippen LogP contribution is -2.22. The van der Waals surface area contributed by atoms with Crippen LogP contribution >= 0.6 is 22.7 Å². The second-order valence-electron chi connectivity index (χ2n) is 4.81. The predicted molar refractivity (Wildman–Crippen MR) is 89.1 cm³/mol. The van der Waals surface area contributed by atoms with Crippen molar-refractivity contribution in [2.45, 2.75) is 26.4 Å². The van der Waals surface area contributed by atoms with Gasteiger partial charge in [-0.05, 0) is 17.9 Å². The molecule has 3 aromatic rings. The average molecular weight is 332 g/mol. The van der Waals surface area contributed by atoms with Gasteiger partial charge in [0.2, 0.25) is 0 Å². The Labute approximate surface area is 136 Å². The zero-order valence-corrected chi connectivity index (χ0v) is 13.8. The highest BCUT2D eigenvalue weighted by Gasteiger charge is 2.12. The van der Waals surface area contributed by atoms with Crippen LogP contribution in [0, 0.1) is 0 Å². The largest absolute Gasteiger partial charge is 0.346 e. The van der Waals surface area contributed by atoms with Crippen LogP contribution in [0.25, 0.3) is 9.88 Å². The monoisotopic (exact) mass is 332 g/mol. The molecule has 7 heteroatoms. The van der Waals surface area contributed by atoms with Gasteiger partial charge in [0.15, 0.2) is 0 Å². The summed E-state index contributed by atoms with van der Waals surface area (Å²) in [6.45, 7) is 3.47. The summed E-state index contributed by atoms with van der Waals surface area (Å²) in [5, 5.41) is 11.8. The molecule has 0 unspecified atom stereocenters. The predicted octanol–water partition coefficient (Wildman–Crippen LogP) is 3.41. The number of nitrogens with zero attached hydrogens (tertiary/aromatic N) is 3. The number of thiazole rings is 1. The van der Waals surface area contributed by atoms with Crippen LogP contribution in [0.5, 0.6) is 0 Å². The number of thiophene rings is 1.